The van der Waals surface area contributed by atoms with Crippen LogP contribution in [0.5, 0.6) is 5.75 Å². The lowest BCUT2D eigenvalue weighted by Gasteiger charge is -2.29. The zero-order chi connectivity index (χ0) is 32.0. The Kier molecular flexibility index (Phi) is 13.0. The number of pyridine rings is 1. The lowest BCUT2D eigenvalue weighted by atomic mass is 9.81. The third-order valence-corrected chi connectivity index (χ3v) is 7.06. The maximum Gasteiger partial charge on any atom is 0.407 e. The van der Waals surface area contributed by atoms with Crippen LogP contribution in [0.2, 0.25) is 0 Å². The zero-order valence-corrected chi connectivity index (χ0v) is 25.7. The van der Waals surface area contributed by atoms with E-state index in [0.29, 0.717) is 31.7 Å². The number of nitrogens with zero attached hydrogens (tertiary/aromatic N) is 1. The van der Waals surface area contributed by atoms with Gasteiger partial charge >= 0.3 is 12.1 Å². The SMILES string of the molecule is CC(C)(C)OC(=O)NC[C@H]1CC[C@H](C(=O)NC(Cc2cccc(OCc3ccccc3)c2)C(=O)O)CC1.Nc1ccncc1. The number of amides is 2. The molecule has 5 N–H and O–H groups in total. The number of carbonyl (C=O) groups excluding carboxylic acids is 2. The summed E-state index contributed by atoms with van der Waals surface area (Å²) >= 11 is 0. The zero-order valence-electron chi connectivity index (χ0n) is 25.7. The Balaban J connectivity index is 0.000000662. The van der Waals surface area contributed by atoms with Crippen molar-refractivity contribution in [3.8, 4) is 5.75 Å². The Hall–Kier alpha value is -4.60. The van der Waals surface area contributed by atoms with E-state index in [1.807, 2.05) is 75.4 Å². The van der Waals surface area contributed by atoms with E-state index in [1.165, 1.54) is 0 Å². The predicted octanol–water partition coefficient (Wildman–Crippen LogP) is 5.37. The topological polar surface area (TPSA) is 153 Å². The van der Waals surface area contributed by atoms with Gasteiger partial charge in [0, 0.05) is 37.0 Å². The third-order valence-electron chi connectivity index (χ3n) is 7.06. The summed E-state index contributed by atoms with van der Waals surface area (Å²) in [6.07, 6.45) is 5.93. The second kappa shape index (κ2) is 16.9. The number of aromatic nitrogens is 1. The van der Waals surface area contributed by atoms with E-state index in [-0.39, 0.29) is 24.2 Å². The molecule has 3 aromatic rings. The van der Waals surface area contributed by atoms with E-state index >= 15 is 0 Å². The van der Waals surface area contributed by atoms with Crippen molar-refractivity contribution in [1.29, 1.82) is 0 Å². The number of nitrogens with one attached hydrogen (secondary N) is 2. The highest BCUT2D eigenvalue weighted by molar-refractivity contribution is 5.85. The molecule has 0 spiro atoms. The van der Waals surface area contributed by atoms with Crippen molar-refractivity contribution in [2.75, 3.05) is 12.3 Å². The number of benzene rings is 2. The van der Waals surface area contributed by atoms with Crippen molar-refractivity contribution in [3.05, 3.63) is 90.3 Å². The van der Waals surface area contributed by atoms with Gasteiger partial charge in [0.15, 0.2) is 0 Å². The number of hydrogen-bond donors (Lipinski definition) is 4. The van der Waals surface area contributed by atoms with Crippen LogP contribution in [0.4, 0.5) is 10.5 Å². The fourth-order valence-corrected chi connectivity index (χ4v) is 4.76. The van der Waals surface area contributed by atoms with Crippen molar-refractivity contribution in [2.45, 2.75) is 71.1 Å². The maximum atomic E-state index is 12.9. The number of carboxylic acids is 1. The van der Waals surface area contributed by atoms with Gasteiger partial charge in [0.05, 0.1) is 0 Å². The van der Waals surface area contributed by atoms with Crippen molar-refractivity contribution in [2.24, 2.45) is 11.8 Å². The Bertz CT molecular complexity index is 1320. The molecule has 10 nitrogen and oxygen atoms in total. The van der Waals surface area contributed by atoms with Gasteiger partial charge in [0.1, 0.15) is 24.0 Å². The predicted molar refractivity (Wildman–Crippen MR) is 169 cm³/mol. The summed E-state index contributed by atoms with van der Waals surface area (Å²) in [5.74, 6) is -0.623. The number of ether oxygens (including phenoxy) is 2. The van der Waals surface area contributed by atoms with Crippen LogP contribution in [-0.4, -0.2) is 46.2 Å². The fraction of sp³-hybridized carbons (Fsp3) is 0.412. The van der Waals surface area contributed by atoms with E-state index in [0.717, 1.165) is 29.7 Å². The number of carboxylic acid groups (broad SMARTS) is 1. The Labute approximate surface area is 259 Å². The van der Waals surface area contributed by atoms with Gasteiger partial charge in [-0.05, 0) is 87.8 Å². The van der Waals surface area contributed by atoms with E-state index < -0.39 is 23.7 Å². The molecule has 1 aliphatic carbocycles. The molecule has 0 saturated heterocycles. The van der Waals surface area contributed by atoms with E-state index in [9.17, 15) is 19.5 Å². The second-order valence-electron chi connectivity index (χ2n) is 11.9. The summed E-state index contributed by atoms with van der Waals surface area (Å²) in [6.45, 7) is 6.37. The van der Waals surface area contributed by atoms with E-state index in [2.05, 4.69) is 15.6 Å². The standard InChI is InChI=1S/C29H38N2O6.C5H6N2/c1-29(2,3)37-28(35)30-18-20-12-14-23(15-13-20)26(32)31-25(27(33)34)17-22-10-7-11-24(16-22)36-19-21-8-5-4-6-9-21;6-5-1-3-7-4-2-5/h4-11,16,20,23,25H,12-15,17-19H2,1-3H3,(H,30,35)(H,31,32)(H,33,34);1-4H,(H2,6,7)/t20-,23-,25?;. The summed E-state index contributed by atoms with van der Waals surface area (Å²) in [6, 6.07) is 19.6. The van der Waals surface area contributed by atoms with Crippen molar-refractivity contribution in [1.82, 2.24) is 15.6 Å². The molecule has 0 radical (unpaired) electrons. The number of rotatable bonds is 10. The number of alkyl carbamates (subject to hydrolysis) is 1. The average Bonchev–Trinajstić information content (AvgIpc) is 2.99. The molecule has 1 aliphatic rings. The molecule has 2 amide bonds. The molecule has 236 valence electrons. The lowest BCUT2D eigenvalue weighted by molar-refractivity contribution is -0.142. The summed E-state index contributed by atoms with van der Waals surface area (Å²) in [7, 11) is 0. The molecular formula is C34H44N4O6. The summed E-state index contributed by atoms with van der Waals surface area (Å²) in [5.41, 5.74) is 7.35. The molecule has 1 heterocycles. The first-order chi connectivity index (χ1) is 21.0. The first-order valence-corrected chi connectivity index (χ1v) is 14.9. The smallest absolute Gasteiger partial charge is 0.407 e. The minimum absolute atomic E-state index is 0.165. The van der Waals surface area contributed by atoms with Crippen LogP contribution >= 0.6 is 0 Å². The van der Waals surface area contributed by atoms with Crippen molar-refractivity contribution >= 4 is 23.7 Å². The van der Waals surface area contributed by atoms with Crippen LogP contribution in [0.25, 0.3) is 0 Å². The van der Waals surface area contributed by atoms with Crippen LogP contribution in [-0.2, 0) is 27.4 Å². The molecule has 1 aromatic heterocycles. The molecule has 0 aliphatic heterocycles. The number of carbonyl (C=O) groups is 3. The Morgan fingerprint density at radius 1 is 0.955 bits per heavy atom. The van der Waals surface area contributed by atoms with Gasteiger partial charge < -0.3 is 30.9 Å². The van der Waals surface area contributed by atoms with Gasteiger partial charge in [0.2, 0.25) is 5.91 Å². The summed E-state index contributed by atoms with van der Waals surface area (Å²) in [4.78, 5) is 40.4. The first kappa shape index (κ1) is 33.9. The molecular weight excluding hydrogens is 560 g/mol. The minimum atomic E-state index is -1.07. The number of nitrogens with two attached hydrogens (primary N) is 1. The van der Waals surface area contributed by atoms with E-state index in [1.54, 1.807) is 24.5 Å². The minimum Gasteiger partial charge on any atom is -0.489 e. The molecule has 1 unspecified atom stereocenters. The van der Waals surface area contributed by atoms with Gasteiger partial charge in [-0.2, -0.15) is 0 Å². The van der Waals surface area contributed by atoms with Crippen LogP contribution in [0, 0.1) is 11.8 Å². The number of aliphatic carboxylic acids is 1. The molecule has 0 bridgehead atoms. The number of anilines is 1. The molecule has 1 fully saturated rings. The number of hydrogen-bond acceptors (Lipinski definition) is 7. The third kappa shape index (κ3) is 12.7. The van der Waals surface area contributed by atoms with Gasteiger partial charge in [-0.25, -0.2) is 9.59 Å². The van der Waals surface area contributed by atoms with Gasteiger partial charge in [0.25, 0.3) is 0 Å². The summed E-state index contributed by atoms with van der Waals surface area (Å²) < 4.78 is 11.1. The summed E-state index contributed by atoms with van der Waals surface area (Å²) in [5, 5.41) is 15.3. The van der Waals surface area contributed by atoms with Gasteiger partial charge in [-0.3, -0.25) is 9.78 Å². The van der Waals surface area contributed by atoms with E-state index in [4.69, 9.17) is 15.2 Å². The van der Waals surface area contributed by atoms with Crippen molar-refractivity contribution in [3.63, 3.8) is 0 Å². The normalized spacial score (nSPS) is 16.8. The van der Waals surface area contributed by atoms with Crippen LogP contribution < -0.4 is 21.1 Å². The fourth-order valence-electron chi connectivity index (χ4n) is 4.76. The molecule has 1 saturated carbocycles. The maximum absolute atomic E-state index is 12.9. The monoisotopic (exact) mass is 604 g/mol. The molecule has 2 aromatic carbocycles. The van der Waals surface area contributed by atoms with Gasteiger partial charge in [-0.15, -0.1) is 0 Å². The molecule has 10 heteroatoms. The molecule has 4 rings (SSSR count). The number of nitrogen functional groups attached to an aromatic ring is 1. The van der Waals surface area contributed by atoms with Crippen LogP contribution in [0.3, 0.4) is 0 Å². The quantitative estimate of drug-likeness (QED) is 0.241. The van der Waals surface area contributed by atoms with Crippen LogP contribution in [0.15, 0.2) is 79.1 Å². The van der Waals surface area contributed by atoms with Gasteiger partial charge in [-0.1, -0.05) is 42.5 Å². The van der Waals surface area contributed by atoms with Crippen molar-refractivity contribution < 1.29 is 29.0 Å². The average molecular weight is 605 g/mol. The largest absolute Gasteiger partial charge is 0.489 e. The lowest BCUT2D eigenvalue weighted by Crippen LogP contribution is -2.46. The Morgan fingerprint density at radius 3 is 2.20 bits per heavy atom. The highest BCUT2D eigenvalue weighted by Crippen LogP contribution is 2.29. The molecule has 44 heavy (non-hydrogen) atoms. The van der Waals surface area contributed by atoms with Crippen LogP contribution in [0.1, 0.15) is 57.6 Å². The molecule has 1 atom stereocenters. The highest BCUT2D eigenvalue weighted by Gasteiger charge is 2.30. The first-order valence-electron chi connectivity index (χ1n) is 14.9. The Morgan fingerprint density at radius 2 is 1.61 bits per heavy atom. The second-order valence-corrected chi connectivity index (χ2v) is 11.9. The highest BCUT2D eigenvalue weighted by atomic mass is 16.6.